The highest BCUT2D eigenvalue weighted by atomic mass is 35.5. The highest BCUT2D eigenvalue weighted by Gasteiger charge is 2.23. The van der Waals surface area contributed by atoms with Gasteiger partial charge in [0.05, 0.1) is 0 Å². The fourth-order valence-corrected chi connectivity index (χ4v) is 3.93. The molecule has 26 heavy (non-hydrogen) atoms. The lowest BCUT2D eigenvalue weighted by atomic mass is 9.95. The van der Waals surface area contributed by atoms with Gasteiger partial charge in [-0.2, -0.15) is 0 Å². The predicted molar refractivity (Wildman–Crippen MR) is 107 cm³/mol. The van der Waals surface area contributed by atoms with E-state index in [1.54, 1.807) is 11.3 Å². The number of hydrogen-bond acceptors (Lipinski definition) is 6. The summed E-state index contributed by atoms with van der Waals surface area (Å²) in [5.74, 6) is 1.42. The number of nitrogens with zero attached hydrogens (tertiary/aromatic N) is 5. The van der Waals surface area contributed by atoms with Crippen molar-refractivity contribution < 1.29 is 0 Å². The van der Waals surface area contributed by atoms with E-state index >= 15 is 0 Å². The van der Waals surface area contributed by atoms with Crippen molar-refractivity contribution in [2.45, 2.75) is 32.2 Å². The highest BCUT2D eigenvalue weighted by Crippen LogP contribution is 2.29. The summed E-state index contributed by atoms with van der Waals surface area (Å²) in [6.45, 7) is 5.20. The van der Waals surface area contributed by atoms with Crippen LogP contribution < -0.4 is 0 Å². The van der Waals surface area contributed by atoms with Crippen molar-refractivity contribution in [2.24, 2.45) is 0 Å². The van der Waals surface area contributed by atoms with Crippen LogP contribution in [0.2, 0.25) is 0 Å². The van der Waals surface area contributed by atoms with Crippen molar-refractivity contribution in [2.75, 3.05) is 13.1 Å². The molecule has 0 unspecified atom stereocenters. The molecular weight excluding hydrogens is 366 g/mol. The third kappa shape index (κ3) is 4.44. The Bertz CT molecular complexity index is 817. The Labute approximate surface area is 164 Å². The van der Waals surface area contributed by atoms with Gasteiger partial charge < -0.3 is 0 Å². The molecular formula is C19H22ClN5S. The van der Waals surface area contributed by atoms with Gasteiger partial charge in [0.2, 0.25) is 0 Å². The molecule has 0 aromatic carbocycles. The van der Waals surface area contributed by atoms with Gasteiger partial charge in [-0.1, -0.05) is 0 Å². The first-order chi connectivity index (χ1) is 12.3. The van der Waals surface area contributed by atoms with Gasteiger partial charge in [0.25, 0.3) is 0 Å². The van der Waals surface area contributed by atoms with E-state index in [-0.39, 0.29) is 12.4 Å². The normalized spacial score (nSPS) is 15.6. The molecule has 0 atom stereocenters. The molecule has 136 valence electrons. The van der Waals surface area contributed by atoms with E-state index in [0.717, 1.165) is 54.7 Å². The summed E-state index contributed by atoms with van der Waals surface area (Å²) in [6.07, 6.45) is 7.76. The maximum absolute atomic E-state index is 4.82. The van der Waals surface area contributed by atoms with Gasteiger partial charge in [0, 0.05) is 42.1 Å². The average molecular weight is 388 g/mol. The minimum Gasteiger partial charge on any atom is -0.299 e. The Morgan fingerprint density at radius 3 is 2.58 bits per heavy atom. The second kappa shape index (κ2) is 8.66. The second-order valence-electron chi connectivity index (χ2n) is 6.50. The zero-order valence-corrected chi connectivity index (χ0v) is 16.3. The molecule has 0 bridgehead atoms. The standard InChI is InChI=1S/C19H21N5S.ClH/c1-14-12-17(19-21-8-11-25-19)23-18(22-14)16-4-9-24(10-5-16)13-15-2-6-20-7-3-15;/h2-3,6-8,11-12,16H,4-5,9-10,13H2,1H3;1H. The van der Waals surface area contributed by atoms with Crippen molar-refractivity contribution in [3.63, 3.8) is 0 Å². The van der Waals surface area contributed by atoms with Crippen LogP contribution in [0.1, 0.15) is 35.8 Å². The molecule has 0 aliphatic carbocycles. The molecule has 5 nitrogen and oxygen atoms in total. The van der Waals surface area contributed by atoms with Crippen molar-refractivity contribution in [1.82, 2.24) is 24.8 Å². The zero-order chi connectivity index (χ0) is 17.1. The third-order valence-electron chi connectivity index (χ3n) is 4.63. The molecule has 4 heterocycles. The molecule has 3 aromatic heterocycles. The van der Waals surface area contributed by atoms with Crippen LogP contribution in [0.5, 0.6) is 0 Å². The van der Waals surface area contributed by atoms with Crippen molar-refractivity contribution in [3.05, 3.63) is 59.3 Å². The number of pyridine rings is 1. The Balaban J connectivity index is 0.00000196. The van der Waals surface area contributed by atoms with Gasteiger partial charge in [0.1, 0.15) is 16.5 Å². The van der Waals surface area contributed by atoms with Crippen LogP contribution in [-0.2, 0) is 6.54 Å². The molecule has 7 heteroatoms. The van der Waals surface area contributed by atoms with Crippen LogP contribution in [0.3, 0.4) is 0 Å². The van der Waals surface area contributed by atoms with Crippen molar-refractivity contribution in [1.29, 1.82) is 0 Å². The summed E-state index contributed by atoms with van der Waals surface area (Å²) in [4.78, 5) is 20.5. The predicted octanol–water partition coefficient (Wildman–Crippen LogP) is 4.10. The first-order valence-electron chi connectivity index (χ1n) is 8.64. The quantitative estimate of drug-likeness (QED) is 0.674. The lowest BCUT2D eigenvalue weighted by molar-refractivity contribution is 0.201. The Morgan fingerprint density at radius 2 is 1.88 bits per heavy atom. The summed E-state index contributed by atoms with van der Waals surface area (Å²) >= 11 is 1.63. The van der Waals surface area contributed by atoms with Crippen LogP contribution in [0.25, 0.3) is 10.7 Å². The monoisotopic (exact) mass is 387 g/mol. The van der Waals surface area contributed by atoms with E-state index in [9.17, 15) is 0 Å². The number of thiazole rings is 1. The van der Waals surface area contributed by atoms with E-state index in [0.29, 0.717) is 5.92 Å². The lowest BCUT2D eigenvalue weighted by Crippen LogP contribution is -2.33. The van der Waals surface area contributed by atoms with Gasteiger partial charge >= 0.3 is 0 Å². The van der Waals surface area contributed by atoms with E-state index < -0.39 is 0 Å². The molecule has 0 saturated carbocycles. The number of rotatable bonds is 4. The van der Waals surface area contributed by atoms with Gasteiger partial charge in [-0.15, -0.1) is 23.7 Å². The molecule has 3 aromatic rings. The van der Waals surface area contributed by atoms with Crippen LogP contribution in [0.4, 0.5) is 0 Å². The van der Waals surface area contributed by atoms with Crippen LogP contribution in [0.15, 0.2) is 42.2 Å². The Kier molecular flexibility index (Phi) is 6.29. The summed E-state index contributed by atoms with van der Waals surface area (Å²) in [7, 11) is 0. The van der Waals surface area contributed by atoms with Crippen molar-refractivity contribution >= 4 is 23.7 Å². The number of piperidine rings is 1. The van der Waals surface area contributed by atoms with Gasteiger partial charge in [-0.3, -0.25) is 9.88 Å². The minimum atomic E-state index is 0. The topological polar surface area (TPSA) is 54.8 Å². The summed E-state index contributed by atoms with van der Waals surface area (Å²) in [5.41, 5.74) is 3.30. The van der Waals surface area contributed by atoms with Crippen LogP contribution >= 0.6 is 23.7 Å². The maximum Gasteiger partial charge on any atom is 0.141 e. The third-order valence-corrected chi connectivity index (χ3v) is 5.43. The Morgan fingerprint density at radius 1 is 1.12 bits per heavy atom. The maximum atomic E-state index is 4.82. The van der Waals surface area contributed by atoms with E-state index in [1.807, 2.05) is 37.0 Å². The smallest absolute Gasteiger partial charge is 0.141 e. The molecule has 4 rings (SSSR count). The van der Waals surface area contributed by atoms with E-state index in [4.69, 9.17) is 9.97 Å². The zero-order valence-electron chi connectivity index (χ0n) is 14.7. The van der Waals surface area contributed by atoms with Crippen molar-refractivity contribution in [3.8, 4) is 10.7 Å². The molecule has 0 radical (unpaired) electrons. The minimum absolute atomic E-state index is 0. The van der Waals surface area contributed by atoms with E-state index in [2.05, 4.69) is 27.0 Å². The highest BCUT2D eigenvalue weighted by molar-refractivity contribution is 7.13. The second-order valence-corrected chi connectivity index (χ2v) is 7.39. The number of halogens is 1. The first kappa shape index (κ1) is 18.9. The van der Waals surface area contributed by atoms with Crippen LogP contribution in [0, 0.1) is 6.92 Å². The van der Waals surface area contributed by atoms with Gasteiger partial charge in [-0.25, -0.2) is 15.0 Å². The number of aromatic nitrogens is 4. The molecule has 1 aliphatic rings. The van der Waals surface area contributed by atoms with Gasteiger partial charge in [0.15, 0.2) is 0 Å². The van der Waals surface area contributed by atoms with Gasteiger partial charge in [-0.05, 0) is 56.6 Å². The molecule has 0 spiro atoms. The molecule has 1 aliphatic heterocycles. The summed E-state index contributed by atoms with van der Waals surface area (Å²) < 4.78 is 0. The molecule has 1 fully saturated rings. The molecule has 1 saturated heterocycles. The summed E-state index contributed by atoms with van der Waals surface area (Å²) in [5, 5.41) is 2.96. The number of likely N-dealkylation sites (tertiary alicyclic amines) is 1. The SMILES string of the molecule is Cc1cc(-c2nccs2)nc(C2CCN(Cc3ccncc3)CC2)n1.Cl. The number of hydrogen-bond donors (Lipinski definition) is 0. The summed E-state index contributed by atoms with van der Waals surface area (Å²) in [6, 6.07) is 6.22. The molecule has 0 N–H and O–H groups in total. The average Bonchev–Trinajstić information content (AvgIpc) is 3.17. The first-order valence-corrected chi connectivity index (χ1v) is 9.52. The fraction of sp³-hybridized carbons (Fsp3) is 0.368. The molecule has 0 amide bonds. The lowest BCUT2D eigenvalue weighted by Gasteiger charge is -2.31. The largest absolute Gasteiger partial charge is 0.299 e. The van der Waals surface area contributed by atoms with E-state index in [1.165, 1.54) is 5.56 Å². The Hall–Kier alpha value is -1.89. The fourth-order valence-electron chi connectivity index (χ4n) is 3.33. The van der Waals surface area contributed by atoms with Crippen LogP contribution in [-0.4, -0.2) is 37.9 Å². The number of aryl methyl sites for hydroxylation is 1.